The van der Waals surface area contributed by atoms with Gasteiger partial charge in [-0.2, -0.15) is 5.10 Å². The monoisotopic (exact) mass is 380 g/mol. The van der Waals surface area contributed by atoms with Gasteiger partial charge in [-0.05, 0) is 69.7 Å². The highest BCUT2D eigenvalue weighted by Crippen LogP contribution is 2.20. The minimum atomic E-state index is -0.284. The second kappa shape index (κ2) is 8.87. The van der Waals surface area contributed by atoms with Crippen molar-refractivity contribution >= 4 is 17.5 Å². The van der Waals surface area contributed by atoms with E-state index in [9.17, 15) is 9.59 Å². The van der Waals surface area contributed by atoms with Crippen molar-refractivity contribution in [1.29, 1.82) is 0 Å². The van der Waals surface area contributed by atoms with Gasteiger partial charge in [0.1, 0.15) is 0 Å². The van der Waals surface area contributed by atoms with E-state index < -0.39 is 0 Å². The molecule has 2 N–H and O–H groups in total. The zero-order valence-electron chi connectivity index (χ0n) is 16.8. The quantitative estimate of drug-likeness (QED) is 0.746. The zero-order valence-corrected chi connectivity index (χ0v) is 16.8. The molecule has 3 rings (SSSR count). The molecule has 0 fully saturated rings. The Morgan fingerprint density at radius 1 is 1.14 bits per heavy atom. The lowest BCUT2D eigenvalue weighted by atomic mass is 9.97. The van der Waals surface area contributed by atoms with Gasteiger partial charge in [0, 0.05) is 30.5 Å². The van der Waals surface area contributed by atoms with Crippen LogP contribution in [0.4, 0.5) is 5.69 Å². The zero-order chi connectivity index (χ0) is 20.1. The molecule has 0 bridgehead atoms. The van der Waals surface area contributed by atoms with Gasteiger partial charge in [0.05, 0.1) is 0 Å². The summed E-state index contributed by atoms with van der Waals surface area (Å²) in [6.45, 7) is 4.42. The van der Waals surface area contributed by atoms with Crippen molar-refractivity contribution in [3.8, 4) is 0 Å². The number of hydrogen-bond donors (Lipinski definition) is 2. The number of aryl methyl sites for hydroxylation is 3. The molecule has 0 saturated heterocycles. The topological polar surface area (TPSA) is 76.0 Å². The van der Waals surface area contributed by atoms with Crippen LogP contribution in [0.15, 0.2) is 35.9 Å². The Balaban J connectivity index is 1.62. The molecule has 1 aliphatic rings. The Morgan fingerprint density at radius 2 is 1.96 bits per heavy atom. The number of nitrogens with zero attached hydrogens (tertiary/aromatic N) is 2. The third-order valence-electron chi connectivity index (χ3n) is 5.21. The molecule has 1 aliphatic carbocycles. The van der Waals surface area contributed by atoms with Gasteiger partial charge in [-0.3, -0.25) is 14.3 Å². The predicted octanol–water partition coefficient (Wildman–Crippen LogP) is 3.91. The molecule has 0 radical (unpaired) electrons. The van der Waals surface area contributed by atoms with Gasteiger partial charge in [0.15, 0.2) is 5.69 Å². The number of amides is 2. The molecule has 6 nitrogen and oxygen atoms in total. The number of nitrogens with one attached hydrogen (secondary N) is 2. The fraction of sp³-hybridized carbons (Fsp3) is 0.409. The molecule has 6 heteroatoms. The minimum absolute atomic E-state index is 0.124. The van der Waals surface area contributed by atoms with Gasteiger partial charge < -0.3 is 10.6 Å². The summed E-state index contributed by atoms with van der Waals surface area (Å²) >= 11 is 0. The Morgan fingerprint density at radius 3 is 2.64 bits per heavy atom. The lowest BCUT2D eigenvalue weighted by Crippen LogP contribution is -2.25. The van der Waals surface area contributed by atoms with Crippen molar-refractivity contribution in [2.24, 2.45) is 7.05 Å². The average Bonchev–Trinajstić information content (AvgIpc) is 3.03. The largest absolute Gasteiger partial charge is 0.352 e. The van der Waals surface area contributed by atoms with E-state index in [1.54, 1.807) is 29.9 Å². The van der Waals surface area contributed by atoms with Crippen LogP contribution in [0.1, 0.15) is 64.2 Å². The molecule has 1 aromatic heterocycles. The van der Waals surface area contributed by atoms with E-state index in [4.69, 9.17) is 0 Å². The van der Waals surface area contributed by atoms with Crippen LogP contribution >= 0.6 is 0 Å². The molecule has 1 heterocycles. The molecule has 0 unspecified atom stereocenters. The fourth-order valence-electron chi connectivity index (χ4n) is 3.33. The Hall–Kier alpha value is -2.89. The van der Waals surface area contributed by atoms with Crippen LogP contribution in [-0.2, 0) is 7.05 Å². The van der Waals surface area contributed by atoms with E-state index in [0.29, 0.717) is 23.5 Å². The number of aromatic nitrogens is 2. The number of carbonyl (C=O) groups is 2. The van der Waals surface area contributed by atoms with E-state index in [0.717, 1.165) is 30.5 Å². The summed E-state index contributed by atoms with van der Waals surface area (Å²) in [5.74, 6) is -0.408. The Labute approximate surface area is 166 Å². The maximum absolute atomic E-state index is 12.5. The molecule has 0 saturated carbocycles. The highest BCUT2D eigenvalue weighted by Gasteiger charge is 2.14. The van der Waals surface area contributed by atoms with Crippen molar-refractivity contribution in [3.05, 3.63) is 58.4 Å². The second-order valence-corrected chi connectivity index (χ2v) is 7.39. The van der Waals surface area contributed by atoms with Gasteiger partial charge >= 0.3 is 0 Å². The van der Waals surface area contributed by atoms with E-state index in [1.165, 1.54) is 18.4 Å². The van der Waals surface area contributed by atoms with Crippen LogP contribution in [0.25, 0.3) is 0 Å². The van der Waals surface area contributed by atoms with Crippen molar-refractivity contribution in [1.82, 2.24) is 15.1 Å². The van der Waals surface area contributed by atoms with Crippen LogP contribution in [-0.4, -0.2) is 28.1 Å². The third-order valence-corrected chi connectivity index (χ3v) is 5.21. The van der Waals surface area contributed by atoms with Gasteiger partial charge in [-0.25, -0.2) is 0 Å². The first-order valence-corrected chi connectivity index (χ1v) is 9.83. The molecule has 2 aromatic rings. The first-order valence-electron chi connectivity index (χ1n) is 9.83. The second-order valence-electron chi connectivity index (χ2n) is 7.39. The van der Waals surface area contributed by atoms with E-state index >= 15 is 0 Å². The van der Waals surface area contributed by atoms with Crippen molar-refractivity contribution in [2.45, 2.75) is 46.0 Å². The van der Waals surface area contributed by atoms with Crippen LogP contribution in [0.5, 0.6) is 0 Å². The van der Waals surface area contributed by atoms with Crippen molar-refractivity contribution in [3.63, 3.8) is 0 Å². The first-order chi connectivity index (χ1) is 13.4. The summed E-state index contributed by atoms with van der Waals surface area (Å²) in [7, 11) is 1.80. The molecule has 0 spiro atoms. The number of anilines is 1. The molecular formula is C22H28N4O2. The summed E-state index contributed by atoms with van der Waals surface area (Å²) in [4.78, 5) is 25.0. The summed E-state index contributed by atoms with van der Waals surface area (Å²) in [6, 6.07) is 7.09. The molecule has 1 aromatic carbocycles. The number of rotatable bonds is 6. The van der Waals surface area contributed by atoms with Gasteiger partial charge in [-0.1, -0.05) is 17.7 Å². The summed E-state index contributed by atoms with van der Waals surface area (Å²) in [5, 5.41) is 10.0. The average molecular weight is 380 g/mol. The van der Waals surface area contributed by atoms with Gasteiger partial charge in [0.2, 0.25) is 0 Å². The molecule has 0 atom stereocenters. The van der Waals surface area contributed by atoms with E-state index in [2.05, 4.69) is 21.8 Å². The first kappa shape index (κ1) is 19.9. The van der Waals surface area contributed by atoms with Crippen LogP contribution < -0.4 is 10.6 Å². The Bertz CT molecular complexity index is 892. The van der Waals surface area contributed by atoms with Gasteiger partial charge in [0.25, 0.3) is 11.8 Å². The highest BCUT2D eigenvalue weighted by atomic mass is 16.2. The SMILES string of the molecule is Cc1ccc(C(=O)NCCC2=CCCCC2)cc1NC(=O)c1cc(C)n(C)n1. The maximum atomic E-state index is 12.5. The summed E-state index contributed by atoms with van der Waals surface area (Å²) < 4.78 is 1.66. The molecule has 148 valence electrons. The standard InChI is InChI=1S/C22H28N4O2/c1-15-9-10-18(21(27)23-12-11-17-7-5-4-6-8-17)14-19(15)24-22(28)20-13-16(2)26(3)25-20/h7,9-10,13-14H,4-6,8,11-12H2,1-3H3,(H,23,27)(H,24,28). The summed E-state index contributed by atoms with van der Waals surface area (Å²) in [5.41, 5.74) is 4.75. The molecule has 2 amide bonds. The van der Waals surface area contributed by atoms with Gasteiger partial charge in [-0.15, -0.1) is 0 Å². The van der Waals surface area contributed by atoms with Crippen molar-refractivity contribution in [2.75, 3.05) is 11.9 Å². The summed E-state index contributed by atoms with van der Waals surface area (Å²) in [6.07, 6.45) is 8.01. The molecular weight excluding hydrogens is 352 g/mol. The van der Waals surface area contributed by atoms with Crippen molar-refractivity contribution < 1.29 is 9.59 Å². The smallest absolute Gasteiger partial charge is 0.276 e. The molecule has 0 aliphatic heterocycles. The lowest BCUT2D eigenvalue weighted by Gasteiger charge is -2.13. The third kappa shape index (κ3) is 4.88. The fourth-order valence-corrected chi connectivity index (χ4v) is 3.33. The van der Waals surface area contributed by atoms with Crippen LogP contribution in [0.3, 0.4) is 0 Å². The number of hydrogen-bond acceptors (Lipinski definition) is 3. The van der Waals surface area contributed by atoms with E-state index in [-0.39, 0.29) is 11.8 Å². The number of benzene rings is 1. The molecule has 28 heavy (non-hydrogen) atoms. The normalized spacial score (nSPS) is 13.8. The number of allylic oxidation sites excluding steroid dienone is 1. The number of carbonyl (C=O) groups excluding carboxylic acids is 2. The predicted molar refractivity (Wildman–Crippen MR) is 111 cm³/mol. The van der Waals surface area contributed by atoms with E-state index in [1.807, 2.05) is 19.9 Å². The maximum Gasteiger partial charge on any atom is 0.276 e. The highest BCUT2D eigenvalue weighted by molar-refractivity contribution is 6.04. The Kier molecular flexibility index (Phi) is 6.29. The van der Waals surface area contributed by atoms with Crippen LogP contribution in [0.2, 0.25) is 0 Å². The van der Waals surface area contributed by atoms with Crippen LogP contribution in [0, 0.1) is 13.8 Å². The lowest BCUT2D eigenvalue weighted by molar-refractivity contribution is 0.0952. The minimum Gasteiger partial charge on any atom is -0.352 e.